The van der Waals surface area contributed by atoms with Gasteiger partial charge >= 0.3 is 0 Å². The van der Waals surface area contributed by atoms with E-state index in [0.717, 1.165) is 11.8 Å². The highest BCUT2D eigenvalue weighted by molar-refractivity contribution is 7.90. The maximum atomic E-state index is 13.4. The van der Waals surface area contributed by atoms with Gasteiger partial charge in [0.25, 0.3) is 0 Å². The molecule has 0 aromatic heterocycles. The van der Waals surface area contributed by atoms with Gasteiger partial charge in [-0.1, -0.05) is 30.3 Å². The molecular weight excluding hydrogens is 305 g/mol. The smallest absolute Gasteiger partial charge is 0.224 e. The van der Waals surface area contributed by atoms with Crippen molar-refractivity contribution >= 4 is 15.7 Å². The van der Waals surface area contributed by atoms with E-state index < -0.39 is 15.7 Å². The van der Waals surface area contributed by atoms with Crippen molar-refractivity contribution in [2.45, 2.75) is 17.9 Å². The largest absolute Gasteiger partial charge is 0.352 e. The van der Waals surface area contributed by atoms with Gasteiger partial charge < -0.3 is 5.32 Å². The Hall–Kier alpha value is -2.21. The van der Waals surface area contributed by atoms with Crippen molar-refractivity contribution in [3.05, 3.63) is 65.5 Å². The third-order valence-corrected chi connectivity index (χ3v) is 4.28. The van der Waals surface area contributed by atoms with E-state index >= 15 is 0 Å². The van der Waals surface area contributed by atoms with Crippen LogP contribution < -0.4 is 5.32 Å². The molecule has 1 amide bonds. The van der Waals surface area contributed by atoms with Gasteiger partial charge in [0, 0.05) is 12.8 Å². The minimum atomic E-state index is -3.23. The van der Waals surface area contributed by atoms with Gasteiger partial charge in [-0.15, -0.1) is 0 Å². The summed E-state index contributed by atoms with van der Waals surface area (Å²) in [6.07, 6.45) is 1.10. The third-order valence-electron chi connectivity index (χ3n) is 3.15. The monoisotopic (exact) mass is 321 g/mol. The fraction of sp³-hybridized carbons (Fsp3) is 0.188. The topological polar surface area (TPSA) is 63.2 Å². The van der Waals surface area contributed by atoms with E-state index in [-0.39, 0.29) is 23.8 Å². The Morgan fingerprint density at radius 1 is 1.09 bits per heavy atom. The van der Waals surface area contributed by atoms with Crippen LogP contribution in [0, 0.1) is 5.82 Å². The SMILES string of the molecule is CS(=O)(=O)c1ccc(CNC(=O)Cc2ccccc2F)cc1. The molecule has 2 aromatic rings. The molecule has 22 heavy (non-hydrogen) atoms. The molecule has 6 heteroatoms. The number of rotatable bonds is 5. The summed E-state index contributed by atoms with van der Waals surface area (Å²) >= 11 is 0. The van der Waals surface area contributed by atoms with Crippen LogP contribution in [0.2, 0.25) is 0 Å². The zero-order valence-corrected chi connectivity index (χ0v) is 12.9. The molecular formula is C16H16FNO3S. The van der Waals surface area contributed by atoms with Gasteiger partial charge in [0.1, 0.15) is 5.82 Å². The van der Waals surface area contributed by atoms with Crippen molar-refractivity contribution in [2.75, 3.05) is 6.26 Å². The van der Waals surface area contributed by atoms with E-state index in [9.17, 15) is 17.6 Å². The molecule has 0 unspecified atom stereocenters. The van der Waals surface area contributed by atoms with Crippen molar-refractivity contribution < 1.29 is 17.6 Å². The summed E-state index contributed by atoms with van der Waals surface area (Å²) in [5.74, 6) is -0.701. The van der Waals surface area contributed by atoms with E-state index in [4.69, 9.17) is 0 Å². The van der Waals surface area contributed by atoms with Gasteiger partial charge in [-0.2, -0.15) is 0 Å². The molecule has 0 atom stereocenters. The van der Waals surface area contributed by atoms with Crippen LogP contribution in [-0.4, -0.2) is 20.6 Å². The van der Waals surface area contributed by atoms with Crippen LogP contribution in [-0.2, 0) is 27.6 Å². The van der Waals surface area contributed by atoms with Crippen LogP contribution in [0.3, 0.4) is 0 Å². The highest BCUT2D eigenvalue weighted by Crippen LogP contribution is 2.10. The van der Waals surface area contributed by atoms with Gasteiger partial charge in [-0.25, -0.2) is 12.8 Å². The van der Waals surface area contributed by atoms with Gasteiger partial charge in [0.2, 0.25) is 5.91 Å². The minimum absolute atomic E-state index is 0.0336. The number of carbonyl (C=O) groups is 1. The van der Waals surface area contributed by atoms with Crippen LogP contribution in [0.5, 0.6) is 0 Å². The lowest BCUT2D eigenvalue weighted by Gasteiger charge is -2.07. The summed E-state index contributed by atoms with van der Waals surface area (Å²) < 4.78 is 36.1. The lowest BCUT2D eigenvalue weighted by molar-refractivity contribution is -0.120. The van der Waals surface area contributed by atoms with Crippen LogP contribution in [0.25, 0.3) is 0 Å². The predicted molar refractivity (Wildman–Crippen MR) is 81.5 cm³/mol. The molecule has 1 N–H and O–H groups in total. The molecule has 0 spiro atoms. The lowest BCUT2D eigenvalue weighted by Crippen LogP contribution is -2.24. The molecule has 0 aliphatic heterocycles. The van der Waals surface area contributed by atoms with Crippen LogP contribution in [0.1, 0.15) is 11.1 Å². The number of benzene rings is 2. The molecule has 0 fully saturated rings. The maximum absolute atomic E-state index is 13.4. The first-order chi connectivity index (χ1) is 10.4. The molecule has 116 valence electrons. The third kappa shape index (κ3) is 4.39. The van der Waals surface area contributed by atoms with E-state index in [2.05, 4.69) is 5.32 Å². The second kappa shape index (κ2) is 6.70. The van der Waals surface area contributed by atoms with E-state index in [1.54, 1.807) is 30.3 Å². The zero-order valence-electron chi connectivity index (χ0n) is 12.0. The normalized spacial score (nSPS) is 11.2. The van der Waals surface area contributed by atoms with E-state index in [1.807, 2.05) is 0 Å². The molecule has 0 saturated carbocycles. The van der Waals surface area contributed by atoms with E-state index in [1.165, 1.54) is 18.2 Å². The van der Waals surface area contributed by atoms with Crippen molar-refractivity contribution in [3.63, 3.8) is 0 Å². The molecule has 0 saturated heterocycles. The molecule has 0 heterocycles. The van der Waals surface area contributed by atoms with Crippen LogP contribution in [0.15, 0.2) is 53.4 Å². The lowest BCUT2D eigenvalue weighted by atomic mass is 10.1. The van der Waals surface area contributed by atoms with Crippen molar-refractivity contribution in [1.82, 2.24) is 5.32 Å². The zero-order chi connectivity index (χ0) is 16.2. The maximum Gasteiger partial charge on any atom is 0.224 e. The summed E-state index contributed by atoms with van der Waals surface area (Å²) in [6.45, 7) is 0.261. The number of halogens is 1. The molecule has 0 radical (unpaired) electrons. The number of hydrogen-bond donors (Lipinski definition) is 1. The van der Waals surface area contributed by atoms with Crippen molar-refractivity contribution in [1.29, 1.82) is 0 Å². The molecule has 0 aliphatic carbocycles. The second-order valence-corrected chi connectivity index (χ2v) is 6.98. The summed E-state index contributed by atoms with van der Waals surface area (Å²) in [5, 5.41) is 2.68. The second-order valence-electron chi connectivity index (χ2n) is 4.96. The number of carbonyl (C=O) groups excluding carboxylic acids is 1. The molecule has 4 nitrogen and oxygen atoms in total. The fourth-order valence-corrected chi connectivity index (χ4v) is 2.56. The highest BCUT2D eigenvalue weighted by atomic mass is 32.2. The van der Waals surface area contributed by atoms with Crippen LogP contribution in [0.4, 0.5) is 4.39 Å². The Balaban J connectivity index is 1.93. The first-order valence-corrected chi connectivity index (χ1v) is 8.54. The van der Waals surface area contributed by atoms with Gasteiger partial charge in [-0.3, -0.25) is 4.79 Å². The highest BCUT2D eigenvalue weighted by Gasteiger charge is 2.08. The fourth-order valence-electron chi connectivity index (χ4n) is 1.93. The van der Waals surface area contributed by atoms with Crippen molar-refractivity contribution in [3.8, 4) is 0 Å². The average Bonchev–Trinajstić information content (AvgIpc) is 2.47. The molecule has 2 rings (SSSR count). The number of hydrogen-bond acceptors (Lipinski definition) is 3. The molecule has 2 aromatic carbocycles. The number of sulfone groups is 1. The number of nitrogens with one attached hydrogen (secondary N) is 1. The minimum Gasteiger partial charge on any atom is -0.352 e. The first-order valence-electron chi connectivity index (χ1n) is 6.65. The standard InChI is InChI=1S/C16H16FNO3S/c1-22(20,21)14-8-6-12(7-9-14)11-18-16(19)10-13-4-2-3-5-15(13)17/h2-9H,10-11H2,1H3,(H,18,19). The Bertz CT molecular complexity index is 770. The van der Waals surface area contributed by atoms with Gasteiger partial charge in [0.15, 0.2) is 9.84 Å². The predicted octanol–water partition coefficient (Wildman–Crippen LogP) is 2.09. The van der Waals surface area contributed by atoms with Gasteiger partial charge in [0.05, 0.1) is 11.3 Å². The summed E-state index contributed by atoms with van der Waals surface area (Å²) in [7, 11) is -3.23. The molecule has 0 bridgehead atoms. The van der Waals surface area contributed by atoms with Crippen molar-refractivity contribution in [2.24, 2.45) is 0 Å². The Labute approximate surface area is 128 Å². The summed E-state index contributed by atoms with van der Waals surface area (Å²) in [4.78, 5) is 12.0. The average molecular weight is 321 g/mol. The first kappa shape index (κ1) is 16.2. The van der Waals surface area contributed by atoms with E-state index in [0.29, 0.717) is 5.56 Å². The number of amides is 1. The van der Waals surface area contributed by atoms with Crippen LogP contribution >= 0.6 is 0 Å². The van der Waals surface area contributed by atoms with Gasteiger partial charge in [-0.05, 0) is 29.3 Å². The summed E-state index contributed by atoms with van der Waals surface area (Å²) in [5.41, 5.74) is 1.11. The quantitative estimate of drug-likeness (QED) is 0.917. The Kier molecular flexibility index (Phi) is 4.92. The Morgan fingerprint density at radius 2 is 1.73 bits per heavy atom. The molecule has 0 aliphatic rings. The Morgan fingerprint density at radius 3 is 2.32 bits per heavy atom. The summed E-state index contributed by atoms with van der Waals surface area (Å²) in [6, 6.07) is 12.4.